The Hall–Kier alpha value is -2.56. The maximum absolute atomic E-state index is 11.0. The van der Waals surface area contributed by atoms with Crippen LogP contribution in [0, 0.1) is 0 Å². The van der Waals surface area contributed by atoms with Crippen molar-refractivity contribution in [3.8, 4) is 11.5 Å². The number of hydrogen-bond donors (Lipinski definition) is 1. The van der Waals surface area contributed by atoms with Crippen molar-refractivity contribution in [2.24, 2.45) is 0 Å². The Kier molecular flexibility index (Phi) is 1.98. The summed E-state index contributed by atoms with van der Waals surface area (Å²) in [5.74, 6) is -0.587. The topological polar surface area (TPSA) is 76.5 Å². The van der Waals surface area contributed by atoms with Gasteiger partial charge in [0.25, 0.3) is 0 Å². The van der Waals surface area contributed by atoms with Crippen molar-refractivity contribution in [3.05, 3.63) is 42.5 Å². The van der Waals surface area contributed by atoms with Crippen molar-refractivity contribution in [2.75, 3.05) is 0 Å². The van der Waals surface area contributed by atoms with Gasteiger partial charge >= 0.3 is 5.97 Å². The molecule has 0 saturated carbocycles. The minimum Gasteiger partial charge on any atom is -0.477 e. The van der Waals surface area contributed by atoms with Crippen LogP contribution in [-0.4, -0.2) is 16.1 Å². The average molecular weight is 229 g/mol. The fraction of sp³-hybridized carbons (Fsp3) is 0. The van der Waals surface area contributed by atoms with Crippen LogP contribution in [0.5, 0.6) is 0 Å². The number of hydrogen-bond acceptors (Lipinski definition) is 4. The summed E-state index contributed by atoms with van der Waals surface area (Å²) in [6.07, 6.45) is 3.00. The second kappa shape index (κ2) is 3.48. The summed E-state index contributed by atoms with van der Waals surface area (Å²) in [7, 11) is 0. The lowest BCUT2D eigenvalue weighted by molar-refractivity contribution is 0.0690. The highest BCUT2D eigenvalue weighted by atomic mass is 16.4. The Morgan fingerprint density at radius 1 is 1.24 bits per heavy atom. The van der Waals surface area contributed by atoms with Crippen LogP contribution in [0.2, 0.25) is 0 Å². The first-order valence-corrected chi connectivity index (χ1v) is 4.91. The van der Waals surface area contributed by atoms with Crippen LogP contribution in [0.4, 0.5) is 0 Å². The van der Waals surface area contributed by atoms with Crippen LogP contribution >= 0.6 is 0 Å². The third-order valence-electron chi connectivity index (χ3n) is 2.42. The number of fused-ring (bicyclic) bond motifs is 1. The number of furan rings is 2. The van der Waals surface area contributed by atoms with Crippen molar-refractivity contribution in [1.29, 1.82) is 0 Å². The van der Waals surface area contributed by atoms with Gasteiger partial charge in [0, 0.05) is 11.5 Å². The molecule has 84 valence electrons. The fourth-order valence-electron chi connectivity index (χ4n) is 1.68. The van der Waals surface area contributed by atoms with E-state index in [2.05, 4.69) is 4.98 Å². The standard InChI is InChI=1S/C12H7NO4/c14-12(15)8-6-10-7(3-5-17-10)11(13-8)9-2-1-4-16-9/h1-6H,(H,14,15). The van der Waals surface area contributed by atoms with Crippen LogP contribution in [0.3, 0.4) is 0 Å². The van der Waals surface area contributed by atoms with Gasteiger partial charge in [-0.3, -0.25) is 0 Å². The SMILES string of the molecule is O=C(O)c1cc2occc2c(-c2ccco2)n1. The number of carbonyl (C=O) groups is 1. The fourth-order valence-corrected chi connectivity index (χ4v) is 1.68. The molecule has 3 rings (SSSR count). The van der Waals surface area contributed by atoms with Crippen molar-refractivity contribution in [3.63, 3.8) is 0 Å². The van der Waals surface area contributed by atoms with Gasteiger partial charge in [-0.25, -0.2) is 9.78 Å². The van der Waals surface area contributed by atoms with Crippen molar-refractivity contribution in [2.45, 2.75) is 0 Å². The minimum absolute atomic E-state index is 0.0705. The van der Waals surface area contributed by atoms with Gasteiger partial charge in [-0.1, -0.05) is 0 Å². The highest BCUT2D eigenvalue weighted by Crippen LogP contribution is 2.28. The number of rotatable bonds is 2. The van der Waals surface area contributed by atoms with Gasteiger partial charge < -0.3 is 13.9 Å². The van der Waals surface area contributed by atoms with Crippen molar-refractivity contribution >= 4 is 16.9 Å². The van der Waals surface area contributed by atoms with Gasteiger partial charge in [-0.05, 0) is 18.2 Å². The first-order chi connectivity index (χ1) is 8.25. The van der Waals surface area contributed by atoms with Crippen LogP contribution < -0.4 is 0 Å². The molecule has 1 N–H and O–H groups in total. The first-order valence-electron chi connectivity index (χ1n) is 4.91. The largest absolute Gasteiger partial charge is 0.477 e. The number of carboxylic acid groups (broad SMARTS) is 1. The molecule has 0 aromatic carbocycles. The lowest BCUT2D eigenvalue weighted by atomic mass is 10.2. The third-order valence-corrected chi connectivity index (χ3v) is 2.42. The highest BCUT2D eigenvalue weighted by Gasteiger charge is 2.15. The monoisotopic (exact) mass is 229 g/mol. The molecule has 5 heteroatoms. The lowest BCUT2D eigenvalue weighted by Gasteiger charge is -2.00. The molecule has 3 heterocycles. The lowest BCUT2D eigenvalue weighted by Crippen LogP contribution is -2.00. The molecule has 3 aromatic heterocycles. The minimum atomic E-state index is -1.10. The zero-order valence-corrected chi connectivity index (χ0v) is 8.58. The van der Waals surface area contributed by atoms with E-state index in [4.69, 9.17) is 13.9 Å². The molecule has 3 aromatic rings. The van der Waals surface area contributed by atoms with E-state index < -0.39 is 5.97 Å². The van der Waals surface area contributed by atoms with Crippen LogP contribution in [0.1, 0.15) is 10.5 Å². The molecule has 0 amide bonds. The Balaban J connectivity index is 2.35. The molecule has 5 nitrogen and oxygen atoms in total. The molecular formula is C12H7NO4. The molecule has 0 aliphatic rings. The Morgan fingerprint density at radius 3 is 2.82 bits per heavy atom. The summed E-state index contributed by atoms with van der Waals surface area (Å²) in [4.78, 5) is 15.0. The Labute approximate surface area is 95.3 Å². The van der Waals surface area contributed by atoms with Gasteiger partial charge in [0.05, 0.1) is 12.5 Å². The normalized spacial score (nSPS) is 10.8. The molecule has 17 heavy (non-hydrogen) atoms. The third kappa shape index (κ3) is 1.48. The average Bonchev–Trinajstić information content (AvgIpc) is 2.98. The molecule has 0 bridgehead atoms. The number of aromatic nitrogens is 1. The van der Waals surface area contributed by atoms with Crippen LogP contribution in [-0.2, 0) is 0 Å². The van der Waals surface area contributed by atoms with E-state index >= 15 is 0 Å². The summed E-state index contributed by atoms with van der Waals surface area (Å²) >= 11 is 0. The quantitative estimate of drug-likeness (QED) is 0.731. The van der Waals surface area contributed by atoms with E-state index in [0.29, 0.717) is 17.0 Å². The molecular weight excluding hydrogens is 222 g/mol. The molecule has 0 radical (unpaired) electrons. The van der Waals surface area contributed by atoms with Crippen LogP contribution in [0.15, 0.2) is 45.6 Å². The summed E-state index contributed by atoms with van der Waals surface area (Å²) in [5, 5.41) is 9.70. The zero-order valence-electron chi connectivity index (χ0n) is 8.58. The number of pyridine rings is 1. The van der Waals surface area contributed by atoms with Crippen molar-refractivity contribution < 1.29 is 18.7 Å². The van der Waals surface area contributed by atoms with E-state index in [0.717, 1.165) is 5.39 Å². The van der Waals surface area contributed by atoms with Gasteiger partial charge in [-0.2, -0.15) is 0 Å². The summed E-state index contributed by atoms with van der Waals surface area (Å²) in [6, 6.07) is 6.56. The smallest absolute Gasteiger partial charge is 0.354 e. The summed E-state index contributed by atoms with van der Waals surface area (Å²) in [6.45, 7) is 0. The molecule has 0 unspecified atom stereocenters. The molecule has 0 atom stereocenters. The van der Waals surface area contributed by atoms with E-state index in [9.17, 15) is 4.79 Å². The van der Waals surface area contributed by atoms with E-state index in [1.54, 1.807) is 18.2 Å². The van der Waals surface area contributed by atoms with Gasteiger partial charge in [-0.15, -0.1) is 0 Å². The number of carboxylic acids is 1. The first kappa shape index (κ1) is 9.65. The van der Waals surface area contributed by atoms with Crippen LogP contribution in [0.25, 0.3) is 22.4 Å². The second-order valence-electron chi connectivity index (χ2n) is 3.47. The molecule has 0 aliphatic heterocycles. The molecule has 0 saturated heterocycles. The predicted molar refractivity (Wildman–Crippen MR) is 58.7 cm³/mol. The number of nitrogens with zero attached hydrogens (tertiary/aromatic N) is 1. The Morgan fingerprint density at radius 2 is 2.12 bits per heavy atom. The van der Waals surface area contributed by atoms with E-state index in [1.807, 2.05) is 0 Å². The van der Waals surface area contributed by atoms with Crippen molar-refractivity contribution in [1.82, 2.24) is 4.98 Å². The maximum Gasteiger partial charge on any atom is 0.354 e. The Bertz CT molecular complexity index is 682. The molecule has 0 spiro atoms. The van der Waals surface area contributed by atoms with Gasteiger partial charge in [0.1, 0.15) is 11.3 Å². The maximum atomic E-state index is 11.0. The highest BCUT2D eigenvalue weighted by molar-refractivity contribution is 5.96. The summed E-state index contributed by atoms with van der Waals surface area (Å²) < 4.78 is 10.4. The van der Waals surface area contributed by atoms with E-state index in [-0.39, 0.29) is 5.69 Å². The second-order valence-corrected chi connectivity index (χ2v) is 3.47. The van der Waals surface area contributed by atoms with E-state index in [1.165, 1.54) is 18.6 Å². The molecule has 0 aliphatic carbocycles. The number of aromatic carboxylic acids is 1. The summed E-state index contributed by atoms with van der Waals surface area (Å²) in [5.41, 5.74) is 0.876. The zero-order chi connectivity index (χ0) is 11.8. The molecule has 0 fully saturated rings. The predicted octanol–water partition coefficient (Wildman–Crippen LogP) is 2.79. The van der Waals surface area contributed by atoms with Gasteiger partial charge in [0.15, 0.2) is 11.5 Å². The van der Waals surface area contributed by atoms with Gasteiger partial charge in [0.2, 0.25) is 0 Å².